The Bertz CT molecular complexity index is 844. The lowest BCUT2D eigenvalue weighted by Gasteiger charge is -2.21. The molecule has 2 saturated heterocycles. The first-order chi connectivity index (χ1) is 13.3. The molecule has 0 radical (unpaired) electrons. The number of nitrogens with zero attached hydrogens (tertiary/aromatic N) is 2. The van der Waals surface area contributed by atoms with E-state index in [-0.39, 0.29) is 35.1 Å². The van der Waals surface area contributed by atoms with E-state index in [1.54, 1.807) is 17.0 Å². The van der Waals surface area contributed by atoms with E-state index < -0.39 is 6.09 Å². The Morgan fingerprint density at radius 3 is 2.82 bits per heavy atom. The lowest BCUT2D eigenvalue weighted by atomic mass is 9.94. The van der Waals surface area contributed by atoms with Gasteiger partial charge >= 0.3 is 12.2 Å². The number of cyclic esters (lactones) is 1. The number of carbonyl (C=O) groups is 3. The van der Waals surface area contributed by atoms with Crippen LogP contribution < -0.4 is 4.90 Å². The van der Waals surface area contributed by atoms with Gasteiger partial charge in [0.1, 0.15) is 17.7 Å². The fourth-order valence-electron chi connectivity index (χ4n) is 4.49. The zero-order valence-corrected chi connectivity index (χ0v) is 15.9. The molecule has 1 aromatic rings. The second-order valence-electron chi connectivity index (χ2n) is 7.93. The van der Waals surface area contributed by atoms with Crippen molar-refractivity contribution >= 4 is 23.7 Å². The summed E-state index contributed by atoms with van der Waals surface area (Å²) in [5.41, 5.74) is 0.660. The van der Waals surface area contributed by atoms with Crippen molar-refractivity contribution in [3.8, 4) is 0 Å². The van der Waals surface area contributed by atoms with E-state index in [0.717, 1.165) is 6.42 Å². The normalized spacial score (nSPS) is 28.2. The van der Waals surface area contributed by atoms with Crippen LogP contribution in [-0.2, 0) is 19.7 Å². The maximum absolute atomic E-state index is 15.0. The van der Waals surface area contributed by atoms with Crippen molar-refractivity contribution in [3.05, 3.63) is 29.6 Å². The van der Waals surface area contributed by atoms with Crippen LogP contribution in [0.4, 0.5) is 19.7 Å². The van der Waals surface area contributed by atoms with E-state index in [4.69, 9.17) is 9.47 Å². The van der Waals surface area contributed by atoms with Crippen LogP contribution in [0, 0.1) is 11.7 Å². The highest BCUT2D eigenvalue weighted by atomic mass is 19.1. The van der Waals surface area contributed by atoms with Gasteiger partial charge in [-0.15, -0.1) is 0 Å². The predicted molar refractivity (Wildman–Crippen MR) is 97.7 cm³/mol. The largest absolute Gasteiger partial charge is 0.453 e. The molecule has 1 saturated carbocycles. The van der Waals surface area contributed by atoms with E-state index in [2.05, 4.69) is 0 Å². The van der Waals surface area contributed by atoms with Gasteiger partial charge in [-0.3, -0.25) is 4.90 Å². The van der Waals surface area contributed by atoms with E-state index in [1.807, 2.05) is 0 Å². The SMILES string of the molecule is COC(=O)N1C[C@@H]2C[C@]2(c2ccc(N3C[C@H](CCC(C)=O)OC3=O)cc2F)C1. The minimum Gasteiger partial charge on any atom is -0.453 e. The van der Waals surface area contributed by atoms with E-state index in [0.29, 0.717) is 43.7 Å². The number of hydrogen-bond acceptors (Lipinski definition) is 5. The third kappa shape index (κ3) is 3.10. The Morgan fingerprint density at radius 2 is 2.14 bits per heavy atom. The average molecular weight is 390 g/mol. The molecule has 3 fully saturated rings. The van der Waals surface area contributed by atoms with E-state index >= 15 is 0 Å². The molecule has 2 amide bonds. The van der Waals surface area contributed by atoms with Gasteiger partial charge in [0.15, 0.2) is 0 Å². The molecule has 28 heavy (non-hydrogen) atoms. The predicted octanol–water partition coefficient (Wildman–Crippen LogP) is 2.86. The van der Waals surface area contributed by atoms with E-state index in [1.165, 1.54) is 25.0 Å². The number of Topliss-reactive ketones (excluding diaryl/α,β-unsaturated/α-hetero) is 1. The summed E-state index contributed by atoms with van der Waals surface area (Å²) in [6.07, 6.45) is 0.372. The number of methoxy groups -OCH3 is 1. The van der Waals surface area contributed by atoms with Crippen LogP contribution in [-0.4, -0.2) is 55.7 Å². The Labute approximate surface area is 162 Å². The quantitative estimate of drug-likeness (QED) is 0.773. The Hall–Kier alpha value is -2.64. The molecule has 1 aromatic carbocycles. The summed E-state index contributed by atoms with van der Waals surface area (Å²) in [6, 6.07) is 4.79. The van der Waals surface area contributed by atoms with Gasteiger partial charge in [-0.1, -0.05) is 6.07 Å². The van der Waals surface area contributed by atoms with Crippen LogP contribution in [0.5, 0.6) is 0 Å². The summed E-state index contributed by atoms with van der Waals surface area (Å²) >= 11 is 0. The number of fused-ring (bicyclic) bond motifs is 1. The van der Waals surface area contributed by atoms with Gasteiger partial charge in [-0.25, -0.2) is 14.0 Å². The van der Waals surface area contributed by atoms with Crippen molar-refractivity contribution in [1.82, 2.24) is 4.90 Å². The van der Waals surface area contributed by atoms with Crippen molar-refractivity contribution in [2.75, 3.05) is 31.6 Å². The minimum absolute atomic E-state index is 0.0423. The highest BCUT2D eigenvalue weighted by molar-refractivity contribution is 5.90. The average Bonchev–Trinajstić information content (AvgIpc) is 3.02. The fraction of sp³-hybridized carbons (Fsp3) is 0.550. The smallest absolute Gasteiger partial charge is 0.414 e. The van der Waals surface area contributed by atoms with Gasteiger partial charge in [0.25, 0.3) is 0 Å². The number of hydrogen-bond donors (Lipinski definition) is 0. The fourth-order valence-corrected chi connectivity index (χ4v) is 4.49. The molecule has 3 atom stereocenters. The second kappa shape index (κ2) is 6.76. The van der Waals surface area contributed by atoms with Crippen LogP contribution in [0.2, 0.25) is 0 Å². The highest BCUT2D eigenvalue weighted by Crippen LogP contribution is 2.59. The number of rotatable bonds is 5. The number of carbonyl (C=O) groups excluding carboxylic acids is 3. The lowest BCUT2D eigenvalue weighted by Crippen LogP contribution is -2.33. The number of anilines is 1. The van der Waals surface area contributed by atoms with Crippen molar-refractivity contribution in [2.24, 2.45) is 5.92 Å². The van der Waals surface area contributed by atoms with Crippen molar-refractivity contribution < 1.29 is 28.2 Å². The van der Waals surface area contributed by atoms with Crippen LogP contribution in [0.1, 0.15) is 31.7 Å². The molecular formula is C20H23FN2O5. The van der Waals surface area contributed by atoms with Gasteiger partial charge in [-0.05, 0) is 43.4 Å². The number of ether oxygens (including phenoxy) is 2. The van der Waals surface area contributed by atoms with E-state index in [9.17, 15) is 18.8 Å². The zero-order chi connectivity index (χ0) is 20.1. The number of halogens is 1. The van der Waals surface area contributed by atoms with Crippen LogP contribution in [0.15, 0.2) is 18.2 Å². The van der Waals surface area contributed by atoms with Crippen LogP contribution in [0.25, 0.3) is 0 Å². The molecular weight excluding hydrogens is 367 g/mol. The summed E-state index contributed by atoms with van der Waals surface area (Å²) in [6.45, 7) is 2.82. The first-order valence-electron chi connectivity index (χ1n) is 9.44. The summed E-state index contributed by atoms with van der Waals surface area (Å²) in [5, 5.41) is 0. The molecule has 2 heterocycles. The number of benzene rings is 1. The number of likely N-dealkylation sites (tertiary alicyclic amines) is 1. The Morgan fingerprint density at radius 1 is 1.36 bits per heavy atom. The third-order valence-electron chi connectivity index (χ3n) is 6.07. The maximum Gasteiger partial charge on any atom is 0.414 e. The summed E-state index contributed by atoms with van der Waals surface area (Å²) in [7, 11) is 1.34. The molecule has 0 N–H and O–H groups in total. The molecule has 0 unspecified atom stereocenters. The first-order valence-corrected chi connectivity index (χ1v) is 9.44. The lowest BCUT2D eigenvalue weighted by molar-refractivity contribution is -0.117. The van der Waals surface area contributed by atoms with Crippen molar-refractivity contribution in [3.63, 3.8) is 0 Å². The molecule has 4 rings (SSSR count). The first kappa shape index (κ1) is 18.7. The molecule has 8 heteroatoms. The standard InChI is InChI=1S/C20H23FN2O5/c1-12(24)3-5-15-10-23(19(26)28-15)14-4-6-16(17(21)7-14)20-8-13(20)9-22(11-20)18(25)27-2/h4,6-7,13,15H,3,5,8-11H2,1-2H3/t13-,15-,20-/m0/s1. The molecule has 0 aromatic heterocycles. The maximum atomic E-state index is 15.0. The Kier molecular flexibility index (Phi) is 4.51. The van der Waals surface area contributed by atoms with Gasteiger partial charge in [0.05, 0.1) is 19.3 Å². The summed E-state index contributed by atoms with van der Waals surface area (Å²) in [4.78, 5) is 38.0. The Balaban J connectivity index is 1.48. The van der Waals surface area contributed by atoms with Crippen LogP contribution >= 0.6 is 0 Å². The van der Waals surface area contributed by atoms with Crippen molar-refractivity contribution in [2.45, 2.75) is 37.7 Å². The zero-order valence-electron chi connectivity index (χ0n) is 15.9. The second-order valence-corrected chi connectivity index (χ2v) is 7.93. The molecule has 0 bridgehead atoms. The number of ketones is 1. The number of amides is 2. The molecule has 1 aliphatic carbocycles. The summed E-state index contributed by atoms with van der Waals surface area (Å²) < 4.78 is 25.0. The van der Waals surface area contributed by atoms with Gasteiger partial charge in [0, 0.05) is 24.9 Å². The minimum atomic E-state index is -0.527. The monoisotopic (exact) mass is 390 g/mol. The summed E-state index contributed by atoms with van der Waals surface area (Å²) in [5.74, 6) is -0.105. The van der Waals surface area contributed by atoms with Crippen molar-refractivity contribution in [1.29, 1.82) is 0 Å². The molecule has 3 aliphatic rings. The molecule has 2 aliphatic heterocycles. The van der Waals surface area contributed by atoms with Gasteiger partial charge in [-0.2, -0.15) is 0 Å². The third-order valence-corrected chi connectivity index (χ3v) is 6.07. The highest BCUT2D eigenvalue weighted by Gasteiger charge is 2.62. The topological polar surface area (TPSA) is 76.2 Å². The van der Waals surface area contributed by atoms with Crippen LogP contribution in [0.3, 0.4) is 0 Å². The molecule has 0 spiro atoms. The van der Waals surface area contributed by atoms with Gasteiger partial charge in [0.2, 0.25) is 0 Å². The molecule has 150 valence electrons. The number of piperidine rings is 1. The van der Waals surface area contributed by atoms with Gasteiger partial charge < -0.3 is 19.2 Å². The molecule has 7 nitrogen and oxygen atoms in total.